The van der Waals surface area contributed by atoms with Gasteiger partial charge >= 0.3 is 6.03 Å². The monoisotopic (exact) mass is 578 g/mol. The van der Waals surface area contributed by atoms with Crippen molar-refractivity contribution in [2.75, 3.05) is 4.90 Å². The van der Waals surface area contributed by atoms with Crippen LogP contribution in [-0.4, -0.2) is 17.8 Å². The van der Waals surface area contributed by atoms with Crippen LogP contribution >= 0.6 is 27.5 Å². The zero-order chi connectivity index (χ0) is 26.7. The largest absolute Gasteiger partial charge is 0.487 e. The molecule has 0 bridgehead atoms. The smallest absolute Gasteiger partial charge is 0.335 e. The summed E-state index contributed by atoms with van der Waals surface area (Å²) in [6, 6.07) is 15.6. The molecule has 0 aromatic heterocycles. The van der Waals surface area contributed by atoms with Gasteiger partial charge in [0.25, 0.3) is 11.8 Å². The first-order valence-electron chi connectivity index (χ1n) is 11.5. The summed E-state index contributed by atoms with van der Waals surface area (Å²) in [6.45, 7) is 8.04. The lowest BCUT2D eigenvalue weighted by atomic mass is 10.0. The van der Waals surface area contributed by atoms with Crippen molar-refractivity contribution >= 4 is 57.1 Å². The molecule has 1 saturated heterocycles. The van der Waals surface area contributed by atoms with Crippen molar-refractivity contribution in [3.63, 3.8) is 0 Å². The molecule has 1 aliphatic heterocycles. The first kappa shape index (κ1) is 26.4. The van der Waals surface area contributed by atoms with Crippen molar-refractivity contribution in [1.82, 2.24) is 5.32 Å². The summed E-state index contributed by atoms with van der Waals surface area (Å²) in [5, 5.41) is 2.64. The van der Waals surface area contributed by atoms with E-state index in [4.69, 9.17) is 16.3 Å². The van der Waals surface area contributed by atoms with Crippen LogP contribution < -0.4 is 15.0 Å². The Bertz CT molecular complexity index is 1460. The predicted molar refractivity (Wildman–Crippen MR) is 149 cm³/mol. The minimum absolute atomic E-state index is 0.179. The van der Waals surface area contributed by atoms with Gasteiger partial charge in [0.2, 0.25) is 0 Å². The lowest BCUT2D eigenvalue weighted by Crippen LogP contribution is -2.54. The number of rotatable bonds is 7. The summed E-state index contributed by atoms with van der Waals surface area (Å²) in [6.07, 6.45) is 3.71. The molecule has 0 unspecified atom stereocenters. The van der Waals surface area contributed by atoms with E-state index in [0.29, 0.717) is 33.8 Å². The van der Waals surface area contributed by atoms with Gasteiger partial charge in [0.05, 0.1) is 10.2 Å². The van der Waals surface area contributed by atoms with Gasteiger partial charge in [-0.15, -0.1) is 6.58 Å². The number of imide groups is 2. The number of barbiturate groups is 1. The SMILES string of the molecule is C=CCc1cc(/C=C2/C(=O)NC(=O)N(c3ccc(C)c(Cl)c3)C2=O)cc(Br)c1OCc1cccc(C)c1. The molecule has 8 heteroatoms. The summed E-state index contributed by atoms with van der Waals surface area (Å²) in [5.74, 6) is -0.866. The normalized spacial score (nSPS) is 14.6. The number of hydrogen-bond acceptors (Lipinski definition) is 4. The van der Waals surface area contributed by atoms with Crippen molar-refractivity contribution in [1.29, 1.82) is 0 Å². The van der Waals surface area contributed by atoms with E-state index in [-0.39, 0.29) is 11.3 Å². The average Bonchev–Trinajstić information content (AvgIpc) is 2.83. The lowest BCUT2D eigenvalue weighted by molar-refractivity contribution is -0.122. The average molecular weight is 580 g/mol. The van der Waals surface area contributed by atoms with Crippen molar-refractivity contribution in [2.24, 2.45) is 0 Å². The number of benzene rings is 3. The standard InChI is InChI=1S/C29H24BrClN2O4/c1-4-6-21-12-20(14-24(30)26(21)37-16-19-8-5-7-17(2)11-19)13-23-27(34)32-29(36)33(28(23)35)22-10-9-18(3)25(31)15-22/h4-5,7-15H,1,6,16H2,2-3H3,(H,32,34,36)/b23-13-. The third kappa shape index (κ3) is 5.84. The van der Waals surface area contributed by atoms with Crippen LogP contribution in [0, 0.1) is 13.8 Å². The van der Waals surface area contributed by atoms with Crippen LogP contribution in [-0.2, 0) is 22.6 Å². The highest BCUT2D eigenvalue weighted by atomic mass is 79.9. The highest BCUT2D eigenvalue weighted by Crippen LogP contribution is 2.34. The molecule has 3 aromatic rings. The molecule has 37 heavy (non-hydrogen) atoms. The fourth-order valence-corrected chi connectivity index (χ4v) is 4.77. The maximum atomic E-state index is 13.3. The number of ether oxygens (including phenoxy) is 1. The zero-order valence-electron chi connectivity index (χ0n) is 20.3. The molecule has 1 aliphatic rings. The summed E-state index contributed by atoms with van der Waals surface area (Å²) >= 11 is 9.77. The Morgan fingerprint density at radius 2 is 1.86 bits per heavy atom. The fraction of sp³-hybridized carbons (Fsp3) is 0.138. The van der Waals surface area contributed by atoms with Crippen molar-refractivity contribution < 1.29 is 19.1 Å². The second-order valence-corrected chi connectivity index (χ2v) is 9.91. The molecule has 6 nitrogen and oxygen atoms in total. The van der Waals surface area contributed by atoms with E-state index >= 15 is 0 Å². The number of amides is 4. The number of nitrogens with one attached hydrogen (secondary N) is 1. The Kier molecular flexibility index (Phi) is 7.95. The fourth-order valence-electron chi connectivity index (χ4n) is 3.96. The third-order valence-corrected chi connectivity index (χ3v) is 6.80. The predicted octanol–water partition coefficient (Wildman–Crippen LogP) is 6.69. The Morgan fingerprint density at radius 3 is 2.57 bits per heavy atom. The van der Waals surface area contributed by atoms with Crippen LogP contribution in [0.25, 0.3) is 6.08 Å². The van der Waals surface area contributed by atoms with Gasteiger partial charge in [-0.05, 0) is 88.8 Å². The summed E-state index contributed by atoms with van der Waals surface area (Å²) < 4.78 is 6.79. The zero-order valence-corrected chi connectivity index (χ0v) is 22.7. The van der Waals surface area contributed by atoms with E-state index in [2.05, 4.69) is 33.9 Å². The molecule has 0 spiro atoms. The molecule has 4 amide bonds. The number of aryl methyl sites for hydroxylation is 2. The van der Waals surface area contributed by atoms with Gasteiger partial charge in [0, 0.05) is 5.02 Å². The minimum atomic E-state index is -0.833. The lowest BCUT2D eigenvalue weighted by Gasteiger charge is -2.26. The van der Waals surface area contributed by atoms with Crippen LogP contribution in [0.5, 0.6) is 5.75 Å². The van der Waals surface area contributed by atoms with Crippen LogP contribution in [0.4, 0.5) is 10.5 Å². The van der Waals surface area contributed by atoms with Gasteiger partial charge in [-0.3, -0.25) is 14.9 Å². The molecular formula is C29H24BrClN2O4. The van der Waals surface area contributed by atoms with Gasteiger partial charge < -0.3 is 4.74 Å². The maximum absolute atomic E-state index is 13.3. The molecular weight excluding hydrogens is 556 g/mol. The third-order valence-electron chi connectivity index (χ3n) is 5.80. The molecule has 4 rings (SSSR count). The van der Waals surface area contributed by atoms with Gasteiger partial charge in [-0.25, -0.2) is 9.69 Å². The van der Waals surface area contributed by atoms with Gasteiger partial charge in [0.1, 0.15) is 17.9 Å². The Morgan fingerprint density at radius 1 is 1.08 bits per heavy atom. The van der Waals surface area contributed by atoms with E-state index in [0.717, 1.165) is 27.2 Å². The summed E-state index contributed by atoms with van der Waals surface area (Å²) in [5.41, 5.74) is 4.47. The quantitative estimate of drug-likeness (QED) is 0.192. The van der Waals surface area contributed by atoms with Gasteiger partial charge in [-0.1, -0.05) is 53.6 Å². The number of hydrogen-bond donors (Lipinski definition) is 1. The number of carbonyl (C=O) groups is 3. The highest BCUT2D eigenvalue weighted by molar-refractivity contribution is 9.10. The van der Waals surface area contributed by atoms with Crippen LogP contribution in [0.1, 0.15) is 27.8 Å². The van der Waals surface area contributed by atoms with Crippen molar-refractivity contribution in [3.8, 4) is 5.75 Å². The maximum Gasteiger partial charge on any atom is 0.335 e. The molecule has 188 valence electrons. The first-order chi connectivity index (χ1) is 17.7. The molecule has 0 radical (unpaired) electrons. The Labute approximate surface area is 228 Å². The number of carbonyl (C=O) groups excluding carboxylic acids is 3. The molecule has 1 fully saturated rings. The van der Waals surface area contributed by atoms with Crippen LogP contribution in [0.15, 0.2) is 77.3 Å². The first-order valence-corrected chi connectivity index (χ1v) is 12.6. The van der Waals surface area contributed by atoms with Crippen LogP contribution in [0.2, 0.25) is 5.02 Å². The van der Waals surface area contributed by atoms with Gasteiger partial charge in [0.15, 0.2) is 0 Å². The second kappa shape index (κ2) is 11.2. The number of halogens is 2. The number of allylic oxidation sites excluding steroid dienone is 1. The highest BCUT2D eigenvalue weighted by Gasteiger charge is 2.37. The topological polar surface area (TPSA) is 75.7 Å². The van der Waals surface area contributed by atoms with Crippen molar-refractivity contribution in [2.45, 2.75) is 26.9 Å². The molecule has 1 N–H and O–H groups in total. The van der Waals surface area contributed by atoms with Crippen LogP contribution in [0.3, 0.4) is 0 Å². The molecule has 0 aliphatic carbocycles. The van der Waals surface area contributed by atoms with Crippen molar-refractivity contribution in [3.05, 3.63) is 110 Å². The van der Waals surface area contributed by atoms with E-state index < -0.39 is 17.8 Å². The number of urea groups is 1. The minimum Gasteiger partial charge on any atom is -0.487 e. The molecule has 0 saturated carbocycles. The second-order valence-electron chi connectivity index (χ2n) is 8.65. The molecule has 1 heterocycles. The number of anilines is 1. The van der Waals surface area contributed by atoms with E-state index in [1.54, 1.807) is 24.3 Å². The summed E-state index contributed by atoms with van der Waals surface area (Å²) in [7, 11) is 0. The van der Waals surface area contributed by atoms with Gasteiger partial charge in [-0.2, -0.15) is 0 Å². The Hall–Kier alpha value is -3.68. The van der Waals surface area contributed by atoms with E-state index in [1.165, 1.54) is 12.1 Å². The molecule has 0 atom stereocenters. The molecule has 3 aromatic carbocycles. The number of nitrogens with zero attached hydrogens (tertiary/aromatic N) is 1. The van der Waals surface area contributed by atoms with E-state index in [1.807, 2.05) is 38.1 Å². The Balaban J connectivity index is 1.67. The summed E-state index contributed by atoms with van der Waals surface area (Å²) in [4.78, 5) is 39.3. The van der Waals surface area contributed by atoms with E-state index in [9.17, 15) is 14.4 Å².